The third kappa shape index (κ3) is 9.18. The SMILES string of the molecule is C=C(C)C(=O)OCC[N+](C)(C)CCCS(C)(=O)=O. The summed E-state index contributed by atoms with van der Waals surface area (Å²) in [6.45, 7) is 6.81. The first-order valence-electron chi connectivity index (χ1n) is 5.86. The van der Waals surface area contributed by atoms with Crippen molar-refractivity contribution in [1.29, 1.82) is 0 Å². The molecule has 0 fully saturated rings. The smallest absolute Gasteiger partial charge is 0.333 e. The van der Waals surface area contributed by atoms with Gasteiger partial charge < -0.3 is 9.22 Å². The molecular formula is C12H24NO4S+. The summed E-state index contributed by atoms with van der Waals surface area (Å²) in [5.41, 5.74) is 0.386. The van der Waals surface area contributed by atoms with Crippen molar-refractivity contribution in [2.45, 2.75) is 13.3 Å². The quantitative estimate of drug-likeness (QED) is 0.371. The van der Waals surface area contributed by atoms with Crippen molar-refractivity contribution in [3.8, 4) is 0 Å². The van der Waals surface area contributed by atoms with Crippen molar-refractivity contribution in [1.82, 2.24) is 0 Å². The van der Waals surface area contributed by atoms with Crippen LogP contribution in [0.5, 0.6) is 0 Å². The molecule has 0 aromatic heterocycles. The van der Waals surface area contributed by atoms with E-state index in [-0.39, 0.29) is 11.7 Å². The zero-order valence-electron chi connectivity index (χ0n) is 11.7. The minimum Gasteiger partial charge on any atom is -0.456 e. The Morgan fingerprint density at radius 2 is 1.83 bits per heavy atom. The highest BCUT2D eigenvalue weighted by Gasteiger charge is 2.17. The number of ether oxygens (including phenoxy) is 1. The van der Waals surface area contributed by atoms with Gasteiger partial charge in [-0.2, -0.15) is 0 Å². The average molecular weight is 278 g/mol. The molecule has 0 heterocycles. The summed E-state index contributed by atoms with van der Waals surface area (Å²) in [5, 5.41) is 0. The van der Waals surface area contributed by atoms with Crippen LogP contribution in [0, 0.1) is 0 Å². The molecule has 0 aromatic carbocycles. The highest BCUT2D eigenvalue weighted by atomic mass is 32.2. The van der Waals surface area contributed by atoms with Gasteiger partial charge in [0, 0.05) is 18.2 Å². The van der Waals surface area contributed by atoms with Gasteiger partial charge in [-0.05, 0) is 6.92 Å². The van der Waals surface area contributed by atoms with Crippen molar-refractivity contribution in [2.75, 3.05) is 45.8 Å². The first kappa shape index (κ1) is 17.1. The molecular weight excluding hydrogens is 254 g/mol. The van der Waals surface area contributed by atoms with Crippen molar-refractivity contribution in [3.05, 3.63) is 12.2 Å². The maximum atomic E-state index is 11.2. The van der Waals surface area contributed by atoms with Crippen molar-refractivity contribution >= 4 is 15.8 Å². The lowest BCUT2D eigenvalue weighted by atomic mass is 10.3. The Morgan fingerprint density at radius 3 is 2.28 bits per heavy atom. The van der Waals surface area contributed by atoms with E-state index >= 15 is 0 Å². The number of likely N-dealkylation sites (N-methyl/N-ethyl adjacent to an activating group) is 1. The predicted octanol–water partition coefficient (Wildman–Crippen LogP) is 0.617. The lowest BCUT2D eigenvalue weighted by Gasteiger charge is -2.29. The second-order valence-corrected chi connectivity index (χ2v) is 7.54. The molecule has 0 bridgehead atoms. The lowest BCUT2D eigenvalue weighted by Crippen LogP contribution is -2.43. The summed E-state index contributed by atoms with van der Waals surface area (Å²) in [5.74, 6) is -0.189. The Bertz CT molecular complexity index is 398. The minimum absolute atomic E-state index is 0.195. The maximum absolute atomic E-state index is 11.2. The molecule has 0 unspecified atom stereocenters. The number of sulfone groups is 1. The topological polar surface area (TPSA) is 60.4 Å². The van der Waals surface area contributed by atoms with E-state index in [1.54, 1.807) is 6.92 Å². The molecule has 0 atom stereocenters. The molecule has 0 aliphatic heterocycles. The molecule has 18 heavy (non-hydrogen) atoms. The standard InChI is InChI=1S/C12H24NO4S/c1-11(2)12(14)17-9-8-13(3,4)7-6-10-18(5,15)16/h1,6-10H2,2-5H3/q+1. The molecule has 0 N–H and O–H groups in total. The van der Waals surface area contributed by atoms with Crippen molar-refractivity contribution < 1.29 is 22.4 Å². The van der Waals surface area contributed by atoms with E-state index in [4.69, 9.17) is 4.74 Å². The minimum atomic E-state index is -2.90. The van der Waals surface area contributed by atoms with Gasteiger partial charge in [0.1, 0.15) is 23.0 Å². The highest BCUT2D eigenvalue weighted by molar-refractivity contribution is 7.90. The molecule has 106 valence electrons. The summed E-state index contributed by atoms with van der Waals surface area (Å²) in [6, 6.07) is 0. The summed E-state index contributed by atoms with van der Waals surface area (Å²) in [7, 11) is 1.07. The van der Waals surface area contributed by atoms with Crippen LogP contribution in [0.2, 0.25) is 0 Å². The summed E-state index contributed by atoms with van der Waals surface area (Å²) < 4.78 is 27.7. The number of hydrogen-bond acceptors (Lipinski definition) is 4. The van der Waals surface area contributed by atoms with Gasteiger partial charge >= 0.3 is 5.97 Å². The van der Waals surface area contributed by atoms with Crippen LogP contribution in [-0.4, -0.2) is 64.7 Å². The van der Waals surface area contributed by atoms with Crippen LogP contribution < -0.4 is 0 Å². The van der Waals surface area contributed by atoms with Gasteiger partial charge in [0.25, 0.3) is 0 Å². The van der Waals surface area contributed by atoms with Crippen LogP contribution in [0.15, 0.2) is 12.2 Å². The molecule has 0 saturated heterocycles. The van der Waals surface area contributed by atoms with Gasteiger partial charge in [-0.25, -0.2) is 13.2 Å². The Balaban J connectivity index is 3.94. The number of carbonyl (C=O) groups excluding carboxylic acids is 1. The molecule has 0 aliphatic rings. The van der Waals surface area contributed by atoms with Gasteiger partial charge in [0.05, 0.1) is 26.4 Å². The van der Waals surface area contributed by atoms with Gasteiger partial charge in [-0.15, -0.1) is 0 Å². The average Bonchev–Trinajstić information content (AvgIpc) is 2.14. The molecule has 0 aromatic rings. The van der Waals surface area contributed by atoms with Crippen molar-refractivity contribution in [3.63, 3.8) is 0 Å². The van der Waals surface area contributed by atoms with Crippen LogP contribution in [0.3, 0.4) is 0 Å². The normalized spacial score (nSPS) is 12.2. The number of quaternary nitrogens is 1. The third-order valence-electron chi connectivity index (χ3n) is 2.56. The monoisotopic (exact) mass is 278 g/mol. The van der Waals surface area contributed by atoms with Crippen LogP contribution in [0.1, 0.15) is 13.3 Å². The maximum Gasteiger partial charge on any atom is 0.333 e. The number of rotatable bonds is 8. The Kier molecular flexibility index (Phi) is 6.56. The fourth-order valence-electron chi connectivity index (χ4n) is 1.38. The molecule has 0 aliphatic carbocycles. The van der Waals surface area contributed by atoms with E-state index in [0.717, 1.165) is 6.54 Å². The molecule has 0 radical (unpaired) electrons. The first-order valence-corrected chi connectivity index (χ1v) is 7.92. The molecule has 5 nitrogen and oxygen atoms in total. The summed E-state index contributed by atoms with van der Waals surface area (Å²) in [6.07, 6.45) is 1.85. The summed E-state index contributed by atoms with van der Waals surface area (Å²) in [4.78, 5) is 11.2. The van der Waals surface area contributed by atoms with E-state index in [9.17, 15) is 13.2 Å². The van der Waals surface area contributed by atoms with Crippen LogP contribution >= 0.6 is 0 Å². The van der Waals surface area contributed by atoms with Crippen LogP contribution in [-0.2, 0) is 19.4 Å². The zero-order chi connectivity index (χ0) is 14.4. The van der Waals surface area contributed by atoms with E-state index in [1.807, 2.05) is 14.1 Å². The first-order chi connectivity index (χ1) is 8.03. The number of carbonyl (C=O) groups is 1. The molecule has 0 amide bonds. The lowest BCUT2D eigenvalue weighted by molar-refractivity contribution is -0.890. The number of hydrogen-bond donors (Lipinski definition) is 0. The largest absolute Gasteiger partial charge is 0.456 e. The fraction of sp³-hybridized carbons (Fsp3) is 0.750. The second-order valence-electron chi connectivity index (χ2n) is 5.28. The van der Waals surface area contributed by atoms with Crippen molar-refractivity contribution in [2.24, 2.45) is 0 Å². The Hall–Kier alpha value is -0.880. The highest BCUT2D eigenvalue weighted by Crippen LogP contribution is 2.02. The third-order valence-corrected chi connectivity index (χ3v) is 3.59. The second kappa shape index (κ2) is 6.89. The Labute approximate surface area is 110 Å². The van der Waals surface area contributed by atoms with E-state index in [2.05, 4.69) is 6.58 Å². The van der Waals surface area contributed by atoms with Gasteiger partial charge in [0.15, 0.2) is 0 Å². The van der Waals surface area contributed by atoms with Crippen LogP contribution in [0.4, 0.5) is 0 Å². The zero-order valence-corrected chi connectivity index (χ0v) is 12.5. The van der Waals surface area contributed by atoms with E-state index < -0.39 is 9.84 Å². The van der Waals surface area contributed by atoms with E-state index in [1.165, 1.54) is 6.26 Å². The molecule has 0 saturated carbocycles. The van der Waals surface area contributed by atoms with E-state index in [0.29, 0.717) is 29.6 Å². The van der Waals surface area contributed by atoms with Gasteiger partial charge in [-0.1, -0.05) is 6.58 Å². The van der Waals surface area contributed by atoms with Gasteiger partial charge in [-0.3, -0.25) is 0 Å². The van der Waals surface area contributed by atoms with Gasteiger partial charge in [0.2, 0.25) is 0 Å². The molecule has 6 heteroatoms. The van der Waals surface area contributed by atoms with Crippen LogP contribution in [0.25, 0.3) is 0 Å². The number of nitrogens with zero attached hydrogens (tertiary/aromatic N) is 1. The fourth-order valence-corrected chi connectivity index (χ4v) is 2.03. The number of esters is 1. The predicted molar refractivity (Wildman–Crippen MR) is 71.9 cm³/mol. The summed E-state index contributed by atoms with van der Waals surface area (Å²) >= 11 is 0. The Morgan fingerprint density at radius 1 is 1.28 bits per heavy atom. The molecule has 0 rings (SSSR count). The molecule has 0 spiro atoms.